The number of alkyl halides is 2. The van der Waals surface area contributed by atoms with Crippen LogP contribution in [0.25, 0.3) is 23.1 Å². The van der Waals surface area contributed by atoms with Crippen LogP contribution in [0.1, 0.15) is 12.0 Å². The lowest BCUT2D eigenvalue weighted by molar-refractivity contribution is -0.120. The van der Waals surface area contributed by atoms with Gasteiger partial charge in [0.2, 0.25) is 5.89 Å². The first-order chi connectivity index (χ1) is 16.2. The monoisotopic (exact) mass is 470 g/mol. The average molecular weight is 470 g/mol. The minimum atomic E-state index is -3.28. The third-order valence-corrected chi connectivity index (χ3v) is 5.44. The number of carbonyl (C=O) groups is 1. The van der Waals surface area contributed by atoms with Gasteiger partial charge in [-0.3, -0.25) is 9.48 Å². The first-order valence-corrected chi connectivity index (χ1v) is 10.00. The van der Waals surface area contributed by atoms with Gasteiger partial charge in [0, 0.05) is 18.1 Å². The number of hydrogen-bond donors (Lipinski definition) is 3. The van der Waals surface area contributed by atoms with Crippen LogP contribution in [0, 0.1) is 5.82 Å². The highest BCUT2D eigenvalue weighted by molar-refractivity contribution is 6.03. The van der Waals surface area contributed by atoms with E-state index in [1.54, 1.807) is 24.3 Å². The summed E-state index contributed by atoms with van der Waals surface area (Å²) in [6.07, 6.45) is 3.25. The quantitative estimate of drug-likeness (QED) is 0.389. The molecule has 1 aliphatic rings. The molecule has 5 rings (SSSR count). The van der Waals surface area contributed by atoms with Gasteiger partial charge in [-0.05, 0) is 6.07 Å². The second-order valence-electron chi connectivity index (χ2n) is 7.80. The molecule has 1 atom stereocenters. The summed E-state index contributed by atoms with van der Waals surface area (Å²) in [6, 6.07) is 7.82. The Hall–Kier alpha value is -4.26. The van der Waals surface area contributed by atoms with Crippen molar-refractivity contribution in [2.45, 2.75) is 24.4 Å². The third kappa shape index (κ3) is 3.65. The van der Waals surface area contributed by atoms with E-state index in [0.29, 0.717) is 11.3 Å². The maximum absolute atomic E-state index is 14.2. The number of amides is 1. The van der Waals surface area contributed by atoms with Gasteiger partial charge in [-0.25, -0.2) is 28.1 Å². The number of carbonyl (C=O) groups excluding carboxylic acids is 1. The van der Waals surface area contributed by atoms with Crippen LogP contribution in [0.2, 0.25) is 0 Å². The van der Waals surface area contributed by atoms with Crippen molar-refractivity contribution in [3.63, 3.8) is 0 Å². The van der Waals surface area contributed by atoms with Crippen molar-refractivity contribution in [2.75, 3.05) is 11.1 Å². The molecule has 4 aromatic rings. The molecule has 5 N–H and O–H groups in total. The summed E-state index contributed by atoms with van der Waals surface area (Å²) in [6.45, 7) is 0.0702. The molecule has 34 heavy (non-hydrogen) atoms. The van der Waals surface area contributed by atoms with Gasteiger partial charge in [-0.15, -0.1) is 0 Å². The Balaban J connectivity index is 1.45. The lowest BCUT2D eigenvalue weighted by Gasteiger charge is -2.12. The molecule has 1 saturated carbocycles. The molecular weight excluding hydrogens is 453 g/mol. The van der Waals surface area contributed by atoms with E-state index in [2.05, 4.69) is 25.4 Å². The molecule has 1 aromatic carbocycles. The fourth-order valence-electron chi connectivity index (χ4n) is 3.36. The van der Waals surface area contributed by atoms with Gasteiger partial charge in [-0.2, -0.15) is 5.10 Å². The topological polar surface area (TPSA) is 151 Å². The molecule has 0 spiro atoms. The molecule has 0 aliphatic heterocycles. The minimum Gasteiger partial charge on any atom is -0.443 e. The number of nitrogens with two attached hydrogens (primary N) is 2. The number of benzene rings is 1. The van der Waals surface area contributed by atoms with Crippen molar-refractivity contribution in [2.24, 2.45) is 5.73 Å². The van der Waals surface area contributed by atoms with Crippen molar-refractivity contribution in [1.82, 2.24) is 24.7 Å². The normalized spacial score (nSPS) is 18.6. The predicted molar refractivity (Wildman–Crippen MR) is 114 cm³/mol. The van der Waals surface area contributed by atoms with E-state index in [-0.39, 0.29) is 35.5 Å². The Kier molecular flexibility index (Phi) is 4.86. The Bertz CT molecular complexity index is 1390. The molecule has 13 heteroatoms. The number of rotatable bonds is 6. The smallest absolute Gasteiger partial charge is 0.277 e. The highest BCUT2D eigenvalue weighted by Crippen LogP contribution is 2.51. The molecule has 0 radical (unpaired) electrons. The minimum absolute atomic E-state index is 0.0695. The summed E-state index contributed by atoms with van der Waals surface area (Å²) < 4.78 is 47.8. The number of nitrogens with one attached hydrogen (secondary N) is 1. The van der Waals surface area contributed by atoms with Crippen LogP contribution in [0.4, 0.5) is 24.7 Å². The van der Waals surface area contributed by atoms with E-state index in [0.717, 1.165) is 0 Å². The van der Waals surface area contributed by atoms with Crippen LogP contribution >= 0.6 is 0 Å². The Labute approximate surface area is 189 Å². The van der Waals surface area contributed by atoms with E-state index in [1.165, 1.54) is 29.4 Å². The van der Waals surface area contributed by atoms with Crippen LogP contribution in [0.3, 0.4) is 0 Å². The van der Waals surface area contributed by atoms with Gasteiger partial charge in [0.25, 0.3) is 11.8 Å². The molecule has 3 heterocycles. The Morgan fingerprint density at radius 3 is 2.68 bits per heavy atom. The van der Waals surface area contributed by atoms with E-state index < -0.39 is 29.6 Å². The molecule has 10 nitrogen and oxygen atoms in total. The number of halogens is 3. The molecule has 0 bridgehead atoms. The van der Waals surface area contributed by atoms with Crippen molar-refractivity contribution in [1.29, 1.82) is 0 Å². The lowest BCUT2D eigenvalue weighted by Crippen LogP contribution is -2.43. The fraction of sp³-hybridized carbons (Fsp3) is 0.190. The van der Waals surface area contributed by atoms with Crippen molar-refractivity contribution in [3.05, 3.63) is 60.4 Å². The summed E-state index contributed by atoms with van der Waals surface area (Å²) in [7, 11) is 0. The average Bonchev–Trinajstić information content (AvgIpc) is 3.23. The molecule has 0 saturated heterocycles. The summed E-state index contributed by atoms with van der Waals surface area (Å²) in [5.74, 6) is -4.63. The third-order valence-electron chi connectivity index (χ3n) is 5.44. The standard InChI is InChI=1S/C21H17F3N8O2/c22-12-4-2-1-3-11(12)9-32-15(18-27-5-6-34-18)7-13(31-32)17-28-8-14(16(25)30-17)29-19(33)20(26)10-21(20,23)24/h1-8H,9-10,26H2,(H,29,33)(H2,25,28,30). The van der Waals surface area contributed by atoms with E-state index in [9.17, 15) is 18.0 Å². The highest BCUT2D eigenvalue weighted by Gasteiger charge is 2.74. The molecule has 174 valence electrons. The van der Waals surface area contributed by atoms with Gasteiger partial charge in [0.15, 0.2) is 17.2 Å². The fourth-order valence-corrected chi connectivity index (χ4v) is 3.36. The van der Waals surface area contributed by atoms with Gasteiger partial charge in [-0.1, -0.05) is 18.2 Å². The van der Waals surface area contributed by atoms with E-state index in [1.807, 2.05) is 0 Å². The second-order valence-corrected chi connectivity index (χ2v) is 7.80. The summed E-state index contributed by atoms with van der Waals surface area (Å²) in [5.41, 5.74) is 10.1. The maximum Gasteiger partial charge on any atom is 0.277 e. The van der Waals surface area contributed by atoms with Crippen LogP contribution in [-0.4, -0.2) is 42.1 Å². The molecular formula is C21H17F3N8O2. The van der Waals surface area contributed by atoms with Gasteiger partial charge < -0.3 is 21.2 Å². The number of aromatic nitrogens is 5. The Morgan fingerprint density at radius 1 is 1.26 bits per heavy atom. The number of nitrogen functional groups attached to an aromatic ring is 1. The zero-order valence-electron chi connectivity index (χ0n) is 17.4. The molecule has 3 aromatic heterocycles. The molecule has 1 fully saturated rings. The van der Waals surface area contributed by atoms with E-state index >= 15 is 0 Å². The zero-order valence-corrected chi connectivity index (χ0v) is 17.4. The summed E-state index contributed by atoms with van der Waals surface area (Å²) in [4.78, 5) is 24.5. The van der Waals surface area contributed by atoms with Gasteiger partial charge >= 0.3 is 0 Å². The van der Waals surface area contributed by atoms with Crippen LogP contribution in [0.15, 0.2) is 53.4 Å². The van der Waals surface area contributed by atoms with Crippen LogP contribution < -0.4 is 16.8 Å². The molecule has 1 amide bonds. The zero-order chi connectivity index (χ0) is 24.1. The predicted octanol–water partition coefficient (Wildman–Crippen LogP) is 2.44. The Morgan fingerprint density at radius 2 is 2.03 bits per heavy atom. The van der Waals surface area contributed by atoms with Crippen molar-refractivity contribution >= 4 is 17.4 Å². The summed E-state index contributed by atoms with van der Waals surface area (Å²) >= 11 is 0. The maximum atomic E-state index is 14.2. The lowest BCUT2D eigenvalue weighted by atomic mass is 10.2. The first kappa shape index (κ1) is 21.6. The summed E-state index contributed by atoms with van der Waals surface area (Å²) in [5, 5.41) is 6.67. The van der Waals surface area contributed by atoms with Crippen LogP contribution in [-0.2, 0) is 11.3 Å². The first-order valence-electron chi connectivity index (χ1n) is 10.00. The second kappa shape index (κ2) is 7.66. The van der Waals surface area contributed by atoms with Gasteiger partial charge in [0.05, 0.1) is 18.9 Å². The molecule has 1 aliphatic carbocycles. The van der Waals surface area contributed by atoms with Gasteiger partial charge in [0.1, 0.15) is 29.2 Å². The number of anilines is 2. The number of oxazole rings is 1. The highest BCUT2D eigenvalue weighted by atomic mass is 19.3. The van der Waals surface area contributed by atoms with E-state index in [4.69, 9.17) is 15.9 Å². The van der Waals surface area contributed by atoms with Crippen molar-refractivity contribution < 1.29 is 22.4 Å². The largest absolute Gasteiger partial charge is 0.443 e. The number of nitrogens with zero attached hydrogens (tertiary/aromatic N) is 5. The SMILES string of the molecule is Nc1nc(-c2cc(-c3ncco3)n(Cc3ccccc3F)n2)ncc1NC(=O)C1(N)CC1(F)F. The number of hydrogen-bond acceptors (Lipinski definition) is 8. The van der Waals surface area contributed by atoms with Crippen molar-refractivity contribution in [3.8, 4) is 23.1 Å². The molecule has 1 unspecified atom stereocenters. The van der Waals surface area contributed by atoms with Crippen LogP contribution in [0.5, 0.6) is 0 Å².